The minimum Gasteiger partial charge on any atom is -0.228 e. The predicted molar refractivity (Wildman–Crippen MR) is 90.3 cm³/mol. The quantitative estimate of drug-likeness (QED) is 0.714. The van der Waals surface area contributed by atoms with Gasteiger partial charge in [0.05, 0.1) is 10.5 Å². The summed E-state index contributed by atoms with van der Waals surface area (Å²) in [6.07, 6.45) is 1.63. The smallest absolute Gasteiger partial charge is 0.155 e. The molecular formula is C16H25BrO2S. The molecule has 0 heterocycles. The van der Waals surface area contributed by atoms with Gasteiger partial charge in [-0.2, -0.15) is 0 Å². The first-order chi connectivity index (χ1) is 9.15. The van der Waals surface area contributed by atoms with Crippen molar-refractivity contribution in [3.63, 3.8) is 0 Å². The molecule has 0 aromatic heterocycles. The van der Waals surface area contributed by atoms with Gasteiger partial charge in [0.2, 0.25) is 0 Å². The summed E-state index contributed by atoms with van der Waals surface area (Å²) in [5.41, 5.74) is 2.52. The van der Waals surface area contributed by atoms with E-state index in [2.05, 4.69) is 47.1 Å². The zero-order valence-corrected chi connectivity index (χ0v) is 15.2. The molecule has 0 bridgehead atoms. The maximum Gasteiger partial charge on any atom is 0.155 e. The first kappa shape index (κ1) is 17.7. The van der Waals surface area contributed by atoms with Crippen LogP contribution in [0.25, 0.3) is 0 Å². The van der Waals surface area contributed by atoms with Crippen molar-refractivity contribution in [1.29, 1.82) is 0 Å². The highest BCUT2D eigenvalue weighted by atomic mass is 79.9. The highest BCUT2D eigenvalue weighted by Crippen LogP contribution is 2.21. The Balaban J connectivity index is 2.63. The van der Waals surface area contributed by atoms with Crippen molar-refractivity contribution in [2.45, 2.75) is 45.3 Å². The Labute approximate surface area is 132 Å². The van der Waals surface area contributed by atoms with E-state index in [0.29, 0.717) is 12.3 Å². The van der Waals surface area contributed by atoms with Crippen molar-refractivity contribution < 1.29 is 8.42 Å². The minimum atomic E-state index is -3.02. The average Bonchev–Trinajstić information content (AvgIpc) is 2.35. The summed E-state index contributed by atoms with van der Waals surface area (Å²) in [7, 11) is -3.02. The van der Waals surface area contributed by atoms with Crippen LogP contribution in [0.5, 0.6) is 0 Å². The molecule has 0 aliphatic heterocycles. The van der Waals surface area contributed by atoms with Gasteiger partial charge in [0.25, 0.3) is 0 Å². The Hall–Kier alpha value is -0.350. The number of aryl methyl sites for hydroxylation is 1. The van der Waals surface area contributed by atoms with E-state index in [0.717, 1.165) is 11.8 Å². The van der Waals surface area contributed by atoms with Gasteiger partial charge in [-0.1, -0.05) is 45.8 Å². The summed E-state index contributed by atoms with van der Waals surface area (Å²) >= 11 is 3.51. The molecule has 0 saturated heterocycles. The summed E-state index contributed by atoms with van der Waals surface area (Å²) in [4.78, 5) is 0. The largest absolute Gasteiger partial charge is 0.228 e. The van der Waals surface area contributed by atoms with Gasteiger partial charge in [-0.15, -0.1) is 0 Å². The number of hydrogen-bond donors (Lipinski definition) is 0. The van der Waals surface area contributed by atoms with Crippen LogP contribution in [0.1, 0.15) is 38.3 Å². The fourth-order valence-corrected chi connectivity index (χ4v) is 3.73. The van der Waals surface area contributed by atoms with Gasteiger partial charge in [-0.05, 0) is 52.0 Å². The van der Waals surface area contributed by atoms with Crippen LogP contribution in [0.2, 0.25) is 0 Å². The van der Waals surface area contributed by atoms with Crippen LogP contribution < -0.4 is 0 Å². The third-order valence-corrected chi connectivity index (χ3v) is 7.15. The number of halogens is 1. The SMILES string of the molecule is Cc1ccc(CC(CBr)CCS(=O)(=O)C(C)(C)C)cc1. The summed E-state index contributed by atoms with van der Waals surface area (Å²) < 4.78 is 23.6. The van der Waals surface area contributed by atoms with E-state index in [4.69, 9.17) is 0 Å². The molecular weight excluding hydrogens is 336 g/mol. The van der Waals surface area contributed by atoms with E-state index >= 15 is 0 Å². The Kier molecular flexibility index (Phi) is 6.26. The van der Waals surface area contributed by atoms with Gasteiger partial charge in [0, 0.05) is 5.33 Å². The Morgan fingerprint density at radius 3 is 2.15 bits per heavy atom. The molecule has 0 fully saturated rings. The van der Waals surface area contributed by atoms with E-state index in [9.17, 15) is 8.42 Å². The molecule has 1 rings (SSSR count). The summed E-state index contributed by atoms with van der Waals surface area (Å²) in [6.45, 7) is 7.38. The van der Waals surface area contributed by atoms with E-state index in [1.54, 1.807) is 20.8 Å². The zero-order valence-electron chi connectivity index (χ0n) is 12.8. The molecule has 0 N–H and O–H groups in total. The lowest BCUT2D eigenvalue weighted by atomic mass is 9.98. The van der Waals surface area contributed by atoms with Crippen LogP contribution in [-0.2, 0) is 16.3 Å². The molecule has 0 amide bonds. The van der Waals surface area contributed by atoms with Crippen LogP contribution in [0.4, 0.5) is 0 Å². The summed E-state index contributed by atoms with van der Waals surface area (Å²) in [5.74, 6) is 0.619. The van der Waals surface area contributed by atoms with Gasteiger partial charge in [-0.3, -0.25) is 0 Å². The minimum absolute atomic E-state index is 0.263. The fourth-order valence-electron chi connectivity index (χ4n) is 1.92. The molecule has 1 aromatic rings. The van der Waals surface area contributed by atoms with E-state index in [1.165, 1.54) is 11.1 Å². The van der Waals surface area contributed by atoms with Crippen molar-refractivity contribution in [2.24, 2.45) is 5.92 Å². The molecule has 1 atom stereocenters. The molecule has 4 heteroatoms. The standard InChI is InChI=1S/C16H25BrO2S/c1-13-5-7-14(8-6-13)11-15(12-17)9-10-20(18,19)16(2,3)4/h5-8,15H,9-12H2,1-4H3. The number of benzene rings is 1. The van der Waals surface area contributed by atoms with Crippen molar-refractivity contribution in [3.8, 4) is 0 Å². The van der Waals surface area contributed by atoms with Crippen LogP contribution in [0, 0.1) is 12.8 Å². The normalized spacial score (nSPS) is 14.2. The second-order valence-corrected chi connectivity index (χ2v) is 9.94. The fraction of sp³-hybridized carbons (Fsp3) is 0.625. The number of sulfone groups is 1. The lowest BCUT2D eigenvalue weighted by Gasteiger charge is -2.21. The van der Waals surface area contributed by atoms with Crippen molar-refractivity contribution >= 4 is 25.8 Å². The van der Waals surface area contributed by atoms with Crippen molar-refractivity contribution in [1.82, 2.24) is 0 Å². The third-order valence-electron chi connectivity index (χ3n) is 3.59. The third kappa shape index (κ3) is 5.21. The highest BCUT2D eigenvalue weighted by molar-refractivity contribution is 9.09. The number of hydrogen-bond acceptors (Lipinski definition) is 2. The topological polar surface area (TPSA) is 34.1 Å². The molecule has 1 aromatic carbocycles. The second kappa shape index (κ2) is 7.08. The molecule has 0 saturated carbocycles. The van der Waals surface area contributed by atoms with Crippen LogP contribution in [0.15, 0.2) is 24.3 Å². The van der Waals surface area contributed by atoms with Crippen LogP contribution in [-0.4, -0.2) is 24.2 Å². The molecule has 20 heavy (non-hydrogen) atoms. The molecule has 2 nitrogen and oxygen atoms in total. The van der Waals surface area contributed by atoms with Gasteiger partial charge < -0.3 is 0 Å². The first-order valence-corrected chi connectivity index (χ1v) is 9.77. The molecule has 0 spiro atoms. The van der Waals surface area contributed by atoms with Crippen molar-refractivity contribution in [3.05, 3.63) is 35.4 Å². The van der Waals surface area contributed by atoms with E-state index in [-0.39, 0.29) is 5.75 Å². The maximum absolute atomic E-state index is 12.2. The van der Waals surface area contributed by atoms with Gasteiger partial charge in [-0.25, -0.2) is 8.42 Å². The van der Waals surface area contributed by atoms with E-state index < -0.39 is 14.6 Å². The lowest BCUT2D eigenvalue weighted by Crippen LogP contribution is -2.31. The summed E-state index contributed by atoms with van der Waals surface area (Å²) in [5, 5.41) is 0.834. The lowest BCUT2D eigenvalue weighted by molar-refractivity contribution is 0.532. The van der Waals surface area contributed by atoms with Crippen LogP contribution in [0.3, 0.4) is 0 Å². The Bertz CT molecular complexity index is 512. The highest BCUT2D eigenvalue weighted by Gasteiger charge is 2.29. The Morgan fingerprint density at radius 1 is 1.15 bits per heavy atom. The van der Waals surface area contributed by atoms with Gasteiger partial charge in [0.15, 0.2) is 9.84 Å². The second-order valence-electron chi connectivity index (χ2n) is 6.43. The first-order valence-electron chi connectivity index (χ1n) is 6.99. The number of rotatable bonds is 6. The summed E-state index contributed by atoms with van der Waals surface area (Å²) in [6, 6.07) is 8.46. The predicted octanol–water partition coefficient (Wildman–Crippen LogP) is 4.15. The molecule has 1 unspecified atom stereocenters. The van der Waals surface area contributed by atoms with E-state index in [1.807, 2.05) is 0 Å². The zero-order chi connectivity index (χ0) is 15.4. The maximum atomic E-state index is 12.2. The average molecular weight is 361 g/mol. The molecule has 114 valence electrons. The number of alkyl halides is 1. The van der Waals surface area contributed by atoms with Gasteiger partial charge >= 0.3 is 0 Å². The molecule has 0 radical (unpaired) electrons. The Morgan fingerprint density at radius 2 is 1.70 bits per heavy atom. The van der Waals surface area contributed by atoms with Crippen LogP contribution >= 0.6 is 15.9 Å². The molecule has 0 aliphatic carbocycles. The monoisotopic (exact) mass is 360 g/mol. The van der Waals surface area contributed by atoms with Crippen molar-refractivity contribution in [2.75, 3.05) is 11.1 Å². The van der Waals surface area contributed by atoms with Gasteiger partial charge in [0.1, 0.15) is 0 Å². The molecule has 0 aliphatic rings.